The van der Waals surface area contributed by atoms with E-state index in [1.54, 1.807) is 0 Å². The molecule has 0 heterocycles. The molecular formula is C4H16N2O10S3. The van der Waals surface area contributed by atoms with Gasteiger partial charge in [0.15, 0.2) is 9.84 Å². The van der Waals surface area contributed by atoms with Crippen LogP contribution in [0, 0.1) is 0 Å². The maximum atomic E-state index is 11.0. The summed E-state index contributed by atoms with van der Waals surface area (Å²) in [5, 5.41) is 0. The molecule has 0 bridgehead atoms. The average molecular weight is 348 g/mol. The summed E-state index contributed by atoms with van der Waals surface area (Å²) in [5.41, 5.74) is 0. The van der Waals surface area contributed by atoms with Crippen LogP contribution < -0.4 is 12.3 Å². The summed E-state index contributed by atoms with van der Waals surface area (Å²) in [6.07, 6.45) is 0. The highest BCUT2D eigenvalue weighted by atomic mass is 32.3. The zero-order valence-corrected chi connectivity index (χ0v) is 12.6. The number of hydrogen-bond acceptors (Lipinski definition) is 10. The maximum Gasteiger partial charge on any atom is 0.217 e. The molecule has 0 atom stereocenters. The average Bonchev–Trinajstić information content (AvgIpc) is 1.96. The molecule has 0 saturated heterocycles. The first-order valence-corrected chi connectivity index (χ1v) is 8.31. The Morgan fingerprint density at radius 3 is 1.16 bits per heavy atom. The van der Waals surface area contributed by atoms with Crippen molar-refractivity contribution < 1.29 is 42.7 Å². The van der Waals surface area contributed by atoms with Crippen LogP contribution in [0.5, 0.6) is 0 Å². The standard InChI is InChI=1S/C4H10O10S3.2H3N/c5-15(6,3-1-13-16(7,8)9)4-2-14-17(10,11)12;;/h1-4H2,(H,7,8,9)(H,10,11,12);2*1H3. The second-order valence-electron chi connectivity index (χ2n) is 2.61. The summed E-state index contributed by atoms with van der Waals surface area (Å²) < 4.78 is 89.0. The van der Waals surface area contributed by atoms with Crippen LogP contribution in [0.25, 0.3) is 0 Å². The van der Waals surface area contributed by atoms with Crippen LogP contribution in [-0.2, 0) is 39.0 Å². The lowest BCUT2D eigenvalue weighted by molar-refractivity contribution is 0.274. The van der Waals surface area contributed by atoms with Gasteiger partial charge in [-0.15, -0.1) is 0 Å². The SMILES string of the molecule is O=S(=O)(CCOS(=O)(=O)[O-])CCOS(=O)(=O)[O-].[NH4+].[NH4+]. The van der Waals surface area contributed by atoms with Crippen molar-refractivity contribution in [1.29, 1.82) is 0 Å². The molecule has 0 aromatic carbocycles. The lowest BCUT2D eigenvalue weighted by Crippen LogP contribution is -2.21. The predicted octanol–water partition coefficient (Wildman–Crippen LogP) is -1.89. The highest BCUT2D eigenvalue weighted by molar-refractivity contribution is 7.91. The fourth-order valence-corrected chi connectivity index (χ4v) is 2.29. The monoisotopic (exact) mass is 348 g/mol. The van der Waals surface area contributed by atoms with Gasteiger partial charge in [0.1, 0.15) is 0 Å². The van der Waals surface area contributed by atoms with Crippen LogP contribution in [0.1, 0.15) is 0 Å². The van der Waals surface area contributed by atoms with E-state index in [-0.39, 0.29) is 12.3 Å². The second-order valence-corrected chi connectivity index (χ2v) is 7.02. The van der Waals surface area contributed by atoms with Crippen molar-refractivity contribution in [3.63, 3.8) is 0 Å². The minimum Gasteiger partial charge on any atom is -0.726 e. The number of rotatable bonds is 8. The van der Waals surface area contributed by atoms with Crippen LogP contribution in [0.3, 0.4) is 0 Å². The maximum absolute atomic E-state index is 11.0. The Kier molecular flexibility index (Phi) is 10.9. The van der Waals surface area contributed by atoms with Gasteiger partial charge >= 0.3 is 0 Å². The molecule has 0 unspecified atom stereocenters. The predicted molar refractivity (Wildman–Crippen MR) is 61.9 cm³/mol. The molecule has 0 aliphatic rings. The Labute approximate surface area is 111 Å². The normalized spacial score (nSPS) is 12.3. The largest absolute Gasteiger partial charge is 0.726 e. The van der Waals surface area contributed by atoms with E-state index >= 15 is 0 Å². The van der Waals surface area contributed by atoms with Crippen molar-refractivity contribution in [2.45, 2.75) is 0 Å². The Morgan fingerprint density at radius 2 is 0.947 bits per heavy atom. The number of quaternary nitrogens is 2. The van der Waals surface area contributed by atoms with E-state index in [1.165, 1.54) is 0 Å². The van der Waals surface area contributed by atoms with E-state index in [0.717, 1.165) is 0 Å². The lowest BCUT2D eigenvalue weighted by Gasteiger charge is -2.09. The van der Waals surface area contributed by atoms with E-state index < -0.39 is 55.4 Å². The smallest absolute Gasteiger partial charge is 0.217 e. The summed E-state index contributed by atoms with van der Waals surface area (Å²) in [6, 6.07) is 0. The molecule has 12 nitrogen and oxygen atoms in total. The highest BCUT2D eigenvalue weighted by Crippen LogP contribution is 1.95. The van der Waals surface area contributed by atoms with Crippen LogP contribution in [0.4, 0.5) is 0 Å². The van der Waals surface area contributed by atoms with E-state index in [4.69, 9.17) is 0 Å². The third-order valence-corrected chi connectivity index (χ3v) is 3.73. The summed E-state index contributed by atoms with van der Waals surface area (Å²) in [7, 11) is -13.8. The van der Waals surface area contributed by atoms with Gasteiger partial charge in [-0.2, -0.15) is 0 Å². The molecule has 0 radical (unpaired) electrons. The molecule has 19 heavy (non-hydrogen) atoms. The van der Waals surface area contributed by atoms with Gasteiger partial charge < -0.3 is 21.4 Å². The molecule has 0 spiro atoms. The fourth-order valence-electron chi connectivity index (χ4n) is 0.628. The Bertz CT molecular complexity index is 489. The first-order chi connectivity index (χ1) is 7.41. The molecule has 0 rings (SSSR count). The summed E-state index contributed by atoms with van der Waals surface area (Å²) in [5.74, 6) is -1.65. The molecular weight excluding hydrogens is 332 g/mol. The minimum atomic E-state index is -4.98. The molecule has 8 N–H and O–H groups in total. The third-order valence-electron chi connectivity index (χ3n) is 1.24. The Balaban J connectivity index is -0.00000128. The molecule has 0 fully saturated rings. The zero-order chi connectivity index (χ0) is 13.7. The third kappa shape index (κ3) is 17.6. The molecule has 0 aliphatic heterocycles. The van der Waals surface area contributed by atoms with Gasteiger partial charge in [-0.3, -0.25) is 8.37 Å². The zero-order valence-electron chi connectivity index (χ0n) is 10.1. The van der Waals surface area contributed by atoms with Gasteiger partial charge in [-0.25, -0.2) is 25.3 Å². The van der Waals surface area contributed by atoms with E-state index in [9.17, 15) is 34.4 Å². The van der Waals surface area contributed by atoms with Gasteiger partial charge in [-0.05, 0) is 0 Å². The molecule has 0 aromatic heterocycles. The second kappa shape index (κ2) is 8.72. The first-order valence-electron chi connectivity index (χ1n) is 3.82. The van der Waals surface area contributed by atoms with Crippen molar-refractivity contribution in [2.75, 3.05) is 24.7 Å². The van der Waals surface area contributed by atoms with Crippen LogP contribution in [0.2, 0.25) is 0 Å². The molecule has 120 valence electrons. The van der Waals surface area contributed by atoms with Crippen molar-refractivity contribution >= 4 is 30.6 Å². The number of hydrogen-bond donors (Lipinski definition) is 2. The summed E-state index contributed by atoms with van der Waals surface area (Å²) in [4.78, 5) is 0. The molecule has 0 aromatic rings. The van der Waals surface area contributed by atoms with Crippen LogP contribution in [0.15, 0.2) is 0 Å². The van der Waals surface area contributed by atoms with Gasteiger partial charge in [0, 0.05) is 0 Å². The fraction of sp³-hybridized carbons (Fsp3) is 1.00. The highest BCUT2D eigenvalue weighted by Gasteiger charge is 2.12. The van der Waals surface area contributed by atoms with Gasteiger partial charge in [-0.1, -0.05) is 0 Å². The van der Waals surface area contributed by atoms with Crippen molar-refractivity contribution in [1.82, 2.24) is 12.3 Å². The number of sulfone groups is 1. The van der Waals surface area contributed by atoms with Gasteiger partial charge in [0.25, 0.3) is 0 Å². The first kappa shape index (κ1) is 23.7. The van der Waals surface area contributed by atoms with Gasteiger partial charge in [0.2, 0.25) is 20.8 Å². The van der Waals surface area contributed by atoms with Crippen molar-refractivity contribution in [3.8, 4) is 0 Å². The van der Waals surface area contributed by atoms with E-state index in [0.29, 0.717) is 0 Å². The minimum absolute atomic E-state index is 0. The van der Waals surface area contributed by atoms with Crippen LogP contribution in [-0.4, -0.2) is 59.1 Å². The topological polar surface area (TPSA) is 240 Å². The van der Waals surface area contributed by atoms with Crippen molar-refractivity contribution in [3.05, 3.63) is 0 Å². The lowest BCUT2D eigenvalue weighted by atomic mass is 10.9. The summed E-state index contributed by atoms with van der Waals surface area (Å²) in [6.45, 7) is -1.78. The van der Waals surface area contributed by atoms with Gasteiger partial charge in [0.05, 0.1) is 24.7 Å². The quantitative estimate of drug-likeness (QED) is 0.364. The van der Waals surface area contributed by atoms with Crippen LogP contribution >= 0.6 is 0 Å². The molecule has 0 amide bonds. The van der Waals surface area contributed by atoms with E-state index in [2.05, 4.69) is 8.37 Å². The molecule has 0 saturated carbocycles. The van der Waals surface area contributed by atoms with E-state index in [1.807, 2.05) is 0 Å². The Morgan fingerprint density at radius 1 is 0.684 bits per heavy atom. The summed E-state index contributed by atoms with van der Waals surface area (Å²) >= 11 is 0. The van der Waals surface area contributed by atoms with Crippen molar-refractivity contribution in [2.24, 2.45) is 0 Å². The molecule has 15 heteroatoms. The Hall–Kier alpha value is -0.390. The molecule has 0 aliphatic carbocycles.